The summed E-state index contributed by atoms with van der Waals surface area (Å²) in [6.07, 6.45) is 0. The number of nitriles is 1. The van der Waals surface area contributed by atoms with Crippen LogP contribution in [0.3, 0.4) is 0 Å². The maximum absolute atomic E-state index is 9.56. The summed E-state index contributed by atoms with van der Waals surface area (Å²) >= 11 is 0. The Hall–Kier alpha value is -2.27. The van der Waals surface area contributed by atoms with Gasteiger partial charge < -0.3 is 5.11 Å². The predicted octanol–water partition coefficient (Wildman–Crippen LogP) is 3.59. The third kappa shape index (κ3) is 3.14. The van der Waals surface area contributed by atoms with Gasteiger partial charge in [0.1, 0.15) is 5.75 Å². The zero-order valence-electron chi connectivity index (χ0n) is 9.09. The van der Waals surface area contributed by atoms with Gasteiger partial charge in [-0.2, -0.15) is 5.26 Å². The van der Waals surface area contributed by atoms with E-state index in [9.17, 15) is 5.11 Å². The van der Waals surface area contributed by atoms with Crippen LogP contribution in [0.25, 0.3) is 11.1 Å². The molecule has 0 aromatic heterocycles. The van der Waals surface area contributed by atoms with E-state index in [0.717, 1.165) is 11.1 Å². The van der Waals surface area contributed by atoms with Crippen LogP contribution < -0.4 is 0 Å². The molecule has 16 heavy (non-hydrogen) atoms. The lowest BCUT2D eigenvalue weighted by atomic mass is 10.1. The Morgan fingerprint density at radius 2 is 1.44 bits per heavy atom. The largest absolute Gasteiger partial charge is 0.507 e. The molecule has 2 aromatic carbocycles. The summed E-state index contributed by atoms with van der Waals surface area (Å²) in [7, 11) is 0. The first-order chi connectivity index (χ1) is 7.79. The van der Waals surface area contributed by atoms with Gasteiger partial charge in [-0.3, -0.25) is 0 Å². The molecule has 0 fully saturated rings. The molecule has 0 bridgehead atoms. The quantitative estimate of drug-likeness (QED) is 0.783. The third-order valence-corrected chi connectivity index (χ3v) is 1.99. The SMILES string of the molecule is CC#N.Oc1ccccc1-c1ccccc1. The summed E-state index contributed by atoms with van der Waals surface area (Å²) < 4.78 is 0. The van der Waals surface area contributed by atoms with Crippen molar-refractivity contribution in [2.75, 3.05) is 0 Å². The van der Waals surface area contributed by atoms with Gasteiger partial charge in [0.05, 0.1) is 6.07 Å². The Labute approximate surface area is 95.4 Å². The fourth-order valence-electron chi connectivity index (χ4n) is 1.34. The van der Waals surface area contributed by atoms with Gasteiger partial charge in [0, 0.05) is 12.5 Å². The lowest BCUT2D eigenvalue weighted by molar-refractivity contribution is 0.477. The Balaban J connectivity index is 0.000000386. The fraction of sp³-hybridized carbons (Fsp3) is 0.0714. The Morgan fingerprint density at radius 3 is 2.00 bits per heavy atom. The van der Waals surface area contributed by atoms with Gasteiger partial charge in [0.25, 0.3) is 0 Å². The number of rotatable bonds is 1. The molecule has 0 spiro atoms. The van der Waals surface area contributed by atoms with E-state index in [1.807, 2.05) is 48.5 Å². The van der Waals surface area contributed by atoms with Crippen LogP contribution in [-0.4, -0.2) is 5.11 Å². The molecule has 0 saturated carbocycles. The lowest BCUT2D eigenvalue weighted by Crippen LogP contribution is -1.76. The van der Waals surface area contributed by atoms with Crippen molar-refractivity contribution in [2.45, 2.75) is 6.92 Å². The summed E-state index contributed by atoms with van der Waals surface area (Å²) in [4.78, 5) is 0. The molecule has 1 N–H and O–H groups in total. The number of hydrogen-bond donors (Lipinski definition) is 1. The number of hydrogen-bond acceptors (Lipinski definition) is 2. The summed E-state index contributed by atoms with van der Waals surface area (Å²) in [5, 5.41) is 16.9. The van der Waals surface area contributed by atoms with Crippen molar-refractivity contribution in [1.29, 1.82) is 5.26 Å². The first-order valence-corrected chi connectivity index (χ1v) is 4.94. The van der Waals surface area contributed by atoms with Crippen LogP contribution in [0.1, 0.15) is 6.92 Å². The highest BCUT2D eigenvalue weighted by Gasteiger charge is 2.00. The van der Waals surface area contributed by atoms with E-state index in [1.54, 1.807) is 12.1 Å². The van der Waals surface area contributed by atoms with Gasteiger partial charge >= 0.3 is 0 Å². The molecule has 80 valence electrons. The van der Waals surface area contributed by atoms with Crippen LogP contribution >= 0.6 is 0 Å². The minimum atomic E-state index is 0.328. The van der Waals surface area contributed by atoms with E-state index >= 15 is 0 Å². The second-order valence-corrected chi connectivity index (χ2v) is 3.11. The van der Waals surface area contributed by atoms with Crippen LogP contribution in [-0.2, 0) is 0 Å². The van der Waals surface area contributed by atoms with Crippen molar-refractivity contribution < 1.29 is 5.11 Å². The highest BCUT2D eigenvalue weighted by atomic mass is 16.3. The van der Waals surface area contributed by atoms with E-state index in [-0.39, 0.29) is 0 Å². The van der Waals surface area contributed by atoms with E-state index in [2.05, 4.69) is 0 Å². The molecule has 0 saturated heterocycles. The lowest BCUT2D eigenvalue weighted by Gasteiger charge is -2.02. The zero-order valence-corrected chi connectivity index (χ0v) is 9.09. The molecule has 0 aliphatic heterocycles. The van der Waals surface area contributed by atoms with Crippen molar-refractivity contribution in [3.05, 3.63) is 54.6 Å². The highest BCUT2D eigenvalue weighted by molar-refractivity contribution is 5.69. The Bertz CT molecular complexity index is 472. The number of phenolic OH excluding ortho intramolecular Hbond substituents is 1. The highest BCUT2D eigenvalue weighted by Crippen LogP contribution is 2.27. The molecule has 0 heterocycles. The molecule has 0 radical (unpaired) electrons. The summed E-state index contributed by atoms with van der Waals surface area (Å²) in [6.45, 7) is 1.43. The van der Waals surface area contributed by atoms with E-state index in [1.165, 1.54) is 6.92 Å². The summed E-state index contributed by atoms with van der Waals surface area (Å²) in [5.41, 5.74) is 1.92. The number of benzene rings is 2. The van der Waals surface area contributed by atoms with E-state index < -0.39 is 0 Å². The standard InChI is InChI=1S/C12H10O.C2H3N/c13-12-9-5-4-8-11(12)10-6-2-1-3-7-10;1-2-3/h1-9,13H;1H3. The number of aromatic hydroxyl groups is 1. The van der Waals surface area contributed by atoms with Gasteiger partial charge in [-0.25, -0.2) is 0 Å². The van der Waals surface area contributed by atoms with Crippen molar-refractivity contribution in [3.8, 4) is 22.9 Å². The van der Waals surface area contributed by atoms with Crippen molar-refractivity contribution in [3.63, 3.8) is 0 Å². The molecule has 0 atom stereocenters. The topological polar surface area (TPSA) is 44.0 Å². The van der Waals surface area contributed by atoms with Crippen molar-refractivity contribution in [1.82, 2.24) is 0 Å². The molecule has 0 aliphatic carbocycles. The average Bonchev–Trinajstić information content (AvgIpc) is 2.32. The number of nitrogens with zero attached hydrogens (tertiary/aromatic N) is 1. The maximum atomic E-state index is 9.56. The second kappa shape index (κ2) is 6.26. The molecule has 0 amide bonds. The molecule has 2 rings (SSSR count). The normalized spacial score (nSPS) is 8.50. The van der Waals surface area contributed by atoms with Gasteiger partial charge in [-0.15, -0.1) is 0 Å². The molecule has 2 heteroatoms. The van der Waals surface area contributed by atoms with Crippen molar-refractivity contribution >= 4 is 0 Å². The molecule has 2 aromatic rings. The minimum Gasteiger partial charge on any atom is -0.507 e. The Morgan fingerprint density at radius 1 is 0.938 bits per heavy atom. The third-order valence-electron chi connectivity index (χ3n) is 1.99. The van der Waals surface area contributed by atoms with Crippen LogP contribution in [0, 0.1) is 11.3 Å². The first-order valence-electron chi connectivity index (χ1n) is 4.94. The molecular weight excluding hydrogens is 198 g/mol. The predicted molar refractivity (Wildman–Crippen MR) is 64.8 cm³/mol. The fourth-order valence-corrected chi connectivity index (χ4v) is 1.34. The molecule has 0 unspecified atom stereocenters. The van der Waals surface area contributed by atoms with E-state index in [4.69, 9.17) is 5.26 Å². The second-order valence-electron chi connectivity index (χ2n) is 3.11. The van der Waals surface area contributed by atoms with Crippen LogP contribution in [0.5, 0.6) is 5.75 Å². The monoisotopic (exact) mass is 211 g/mol. The summed E-state index contributed by atoms with van der Waals surface area (Å²) in [6, 6.07) is 18.9. The zero-order chi connectivity index (χ0) is 11.8. The van der Waals surface area contributed by atoms with Crippen LogP contribution in [0.2, 0.25) is 0 Å². The average molecular weight is 211 g/mol. The minimum absolute atomic E-state index is 0.328. The summed E-state index contributed by atoms with van der Waals surface area (Å²) in [5.74, 6) is 0.328. The van der Waals surface area contributed by atoms with Gasteiger partial charge in [-0.1, -0.05) is 48.5 Å². The number of para-hydroxylation sites is 1. The van der Waals surface area contributed by atoms with E-state index in [0.29, 0.717) is 5.75 Å². The maximum Gasteiger partial charge on any atom is 0.123 e. The molecule has 2 nitrogen and oxygen atoms in total. The van der Waals surface area contributed by atoms with Gasteiger partial charge in [0.2, 0.25) is 0 Å². The first kappa shape index (κ1) is 11.8. The Kier molecular flexibility index (Phi) is 4.62. The van der Waals surface area contributed by atoms with Gasteiger partial charge in [-0.05, 0) is 11.6 Å². The van der Waals surface area contributed by atoms with Crippen LogP contribution in [0.4, 0.5) is 0 Å². The number of phenols is 1. The molecule has 0 aliphatic rings. The van der Waals surface area contributed by atoms with Crippen LogP contribution in [0.15, 0.2) is 54.6 Å². The van der Waals surface area contributed by atoms with Crippen molar-refractivity contribution in [2.24, 2.45) is 0 Å². The van der Waals surface area contributed by atoms with Gasteiger partial charge in [0.15, 0.2) is 0 Å². The molecular formula is C14H13NO. The smallest absolute Gasteiger partial charge is 0.123 e.